The van der Waals surface area contributed by atoms with Gasteiger partial charge in [-0.25, -0.2) is 0 Å². The fourth-order valence-electron chi connectivity index (χ4n) is 1.24. The molecule has 122 valence electrons. The number of rotatable bonds is 2. The molecular weight excluding hydrogens is 1130 g/mol. The van der Waals surface area contributed by atoms with Crippen LogP contribution in [0, 0.1) is 5.41 Å². The largest absolute Gasteiger partial charge is 0.368 e. The quantitative estimate of drug-likeness (QED) is 0.274. The van der Waals surface area contributed by atoms with E-state index in [1.807, 2.05) is 0 Å². The summed E-state index contributed by atoms with van der Waals surface area (Å²) < 4.78 is -5.57. The van der Waals surface area contributed by atoms with Gasteiger partial charge in [0, 0.05) is 0 Å². The van der Waals surface area contributed by atoms with Gasteiger partial charge in [0.25, 0.3) is 0 Å². The minimum Gasteiger partial charge on any atom is -0.368 e. The van der Waals surface area contributed by atoms with Crippen LogP contribution in [0.5, 0.6) is 0 Å². The first-order valence-corrected chi connectivity index (χ1v) is 14.2. The van der Waals surface area contributed by atoms with E-state index in [9.17, 15) is 5.11 Å². The van der Waals surface area contributed by atoms with Gasteiger partial charge in [-0.1, -0.05) is 175 Å². The Labute approximate surface area is 226 Å². The fraction of sp³-hybridized carbons (Fsp3) is 1.00. The van der Waals surface area contributed by atoms with Crippen LogP contribution in [-0.4, -0.2) is 18.2 Å². The van der Waals surface area contributed by atoms with Crippen LogP contribution in [0.15, 0.2) is 0 Å². The highest BCUT2D eigenvalue weighted by Gasteiger charge is 2.79. The van der Waals surface area contributed by atoms with E-state index in [1.165, 1.54) is 0 Å². The van der Waals surface area contributed by atoms with Crippen molar-refractivity contribution in [3.8, 4) is 0 Å². The van der Waals surface area contributed by atoms with Gasteiger partial charge in [-0.2, -0.15) is 0 Å². The molecule has 0 atom stereocenters. The van der Waals surface area contributed by atoms with E-state index in [-0.39, 0.29) is 0 Å². The second-order valence-electron chi connectivity index (χ2n) is 3.36. The minimum absolute atomic E-state index is 0.935. The number of aliphatic hydroxyl groups is 1. The molecule has 0 radical (unpaired) electrons. The minimum atomic E-state index is -1.56. The van der Waals surface area contributed by atoms with E-state index in [2.05, 4.69) is 207 Å². The van der Waals surface area contributed by atoms with Crippen molar-refractivity contribution in [1.29, 1.82) is 0 Å². The van der Waals surface area contributed by atoms with Gasteiger partial charge in [0.05, 0.1) is 0 Å². The number of alkyl halides is 13. The number of halogens is 13. The van der Waals surface area contributed by atoms with Crippen molar-refractivity contribution in [3.05, 3.63) is 0 Å². The third kappa shape index (κ3) is 4.97. The summed E-state index contributed by atoms with van der Waals surface area (Å²) in [7, 11) is 0. The highest BCUT2D eigenvalue weighted by molar-refractivity contribution is 9.42. The Morgan fingerprint density at radius 3 is 0.700 bits per heavy atom. The Morgan fingerprint density at radius 2 is 0.650 bits per heavy atom. The maximum absolute atomic E-state index is 10.5. The predicted molar refractivity (Wildman–Crippen MR) is 134 cm³/mol. The summed E-state index contributed by atoms with van der Waals surface area (Å²) in [4.78, 5) is 0. The molecule has 0 bridgehead atoms. The van der Waals surface area contributed by atoms with Gasteiger partial charge in [-0.15, -0.1) is 0 Å². The van der Waals surface area contributed by atoms with Gasteiger partial charge in [0.1, 0.15) is 15.1 Å². The Balaban J connectivity index is 6.83. The molecule has 0 amide bonds. The van der Waals surface area contributed by atoms with Gasteiger partial charge in [0.2, 0.25) is 3.42 Å². The smallest absolute Gasteiger partial charge is 0.201 e. The van der Waals surface area contributed by atoms with Crippen LogP contribution in [0.4, 0.5) is 0 Å². The fourth-order valence-corrected chi connectivity index (χ4v) is 23.6. The third-order valence-corrected chi connectivity index (χ3v) is 13.1. The zero-order valence-corrected chi connectivity index (χ0v) is 29.0. The summed E-state index contributed by atoms with van der Waals surface area (Å²) in [5.41, 5.74) is -1.07. The lowest BCUT2D eigenvalue weighted by Gasteiger charge is -2.59. The molecule has 0 aromatic carbocycles. The predicted octanol–water partition coefficient (Wildman–Crippen LogP) is 9.41. The van der Waals surface area contributed by atoms with Crippen LogP contribution in [0.1, 0.15) is 0 Å². The van der Waals surface area contributed by atoms with Gasteiger partial charge in [0.15, 0.2) is 0 Å². The van der Waals surface area contributed by atoms with Crippen LogP contribution >= 0.6 is 207 Å². The number of hydrogen-bond donors (Lipinski definition) is 1. The molecule has 1 N–H and O–H groups in total. The molecular formula is C6HBr13O. The van der Waals surface area contributed by atoms with E-state index in [0.717, 1.165) is 0 Å². The maximum Gasteiger partial charge on any atom is 0.201 e. The monoisotopic (exact) mass is 1110 g/mol. The molecule has 0 rings (SSSR count). The van der Waals surface area contributed by atoms with E-state index < -0.39 is 18.5 Å². The topological polar surface area (TPSA) is 20.2 Å². The van der Waals surface area contributed by atoms with Gasteiger partial charge in [-0.3, -0.25) is 0 Å². The van der Waals surface area contributed by atoms with Crippen LogP contribution in [0.3, 0.4) is 0 Å². The molecule has 14 heteroatoms. The second-order valence-corrected chi connectivity index (χ2v) is 30.4. The Bertz CT molecular complexity index is 315. The molecule has 0 aromatic rings. The Morgan fingerprint density at radius 1 is 0.450 bits per heavy atom. The summed E-state index contributed by atoms with van der Waals surface area (Å²) in [6.07, 6.45) is 0. The SMILES string of the molecule is OC(Br)(Br)C(Br)(Br)C(C(Br)(Br)Br)(C(Br)(Br)Br)C(Br)(Br)Br. The molecule has 0 aliphatic rings. The summed E-state index contributed by atoms with van der Waals surface area (Å²) in [6, 6.07) is 0. The second kappa shape index (κ2) is 8.29. The highest BCUT2D eigenvalue weighted by Crippen LogP contribution is 2.81. The maximum atomic E-state index is 10.5. The molecule has 0 aromatic heterocycles. The summed E-state index contributed by atoms with van der Waals surface area (Å²) in [5.74, 6) is 0. The summed E-state index contributed by atoms with van der Waals surface area (Å²) >= 11 is 45.4. The van der Waals surface area contributed by atoms with Crippen molar-refractivity contribution in [2.75, 3.05) is 0 Å². The van der Waals surface area contributed by atoms with Crippen molar-refractivity contribution in [1.82, 2.24) is 0 Å². The first-order chi connectivity index (χ1) is 8.25. The Hall–Kier alpha value is 6.20. The van der Waals surface area contributed by atoms with E-state index >= 15 is 0 Å². The van der Waals surface area contributed by atoms with Gasteiger partial charge in [-0.05, 0) is 31.9 Å². The van der Waals surface area contributed by atoms with E-state index in [0.29, 0.717) is 0 Å². The molecule has 0 saturated carbocycles. The first kappa shape index (κ1) is 26.2. The van der Waals surface area contributed by atoms with Gasteiger partial charge < -0.3 is 5.11 Å². The normalized spacial score (nSPS) is 16.5. The van der Waals surface area contributed by atoms with Gasteiger partial charge >= 0.3 is 0 Å². The molecule has 0 fully saturated rings. The lowest BCUT2D eigenvalue weighted by Crippen LogP contribution is -2.67. The average molecular weight is 1130 g/mol. The molecule has 0 unspecified atom stereocenters. The van der Waals surface area contributed by atoms with Crippen LogP contribution < -0.4 is 0 Å². The van der Waals surface area contributed by atoms with Crippen LogP contribution in [0.25, 0.3) is 0 Å². The lowest BCUT2D eigenvalue weighted by atomic mass is 9.91. The summed E-state index contributed by atoms with van der Waals surface area (Å²) in [6.45, 7) is 0. The van der Waals surface area contributed by atoms with E-state index in [4.69, 9.17) is 0 Å². The molecule has 0 aliphatic carbocycles. The zero-order valence-electron chi connectivity index (χ0n) is 8.36. The highest BCUT2D eigenvalue weighted by atomic mass is 80.0. The first-order valence-electron chi connectivity index (χ1n) is 3.93. The molecule has 0 spiro atoms. The van der Waals surface area contributed by atoms with Crippen LogP contribution in [0.2, 0.25) is 0 Å². The van der Waals surface area contributed by atoms with Crippen molar-refractivity contribution in [2.45, 2.75) is 13.1 Å². The zero-order chi connectivity index (χ0) is 17.0. The molecule has 1 nitrogen and oxygen atoms in total. The standard InChI is InChI=1S/C6HBr13O/c7-2(8,6(18,19)20)1(3(9,10)11,4(12,13)14)5(15,16)17/h20H. The van der Waals surface area contributed by atoms with Crippen molar-refractivity contribution >= 4 is 207 Å². The van der Waals surface area contributed by atoms with Crippen molar-refractivity contribution in [3.63, 3.8) is 0 Å². The summed E-state index contributed by atoms with van der Waals surface area (Å²) in [5, 5.41) is 10.5. The molecule has 0 aliphatic heterocycles. The van der Waals surface area contributed by atoms with E-state index in [1.54, 1.807) is 0 Å². The third-order valence-electron chi connectivity index (χ3n) is 2.12. The van der Waals surface area contributed by atoms with Crippen LogP contribution in [-0.2, 0) is 0 Å². The number of hydrogen-bond acceptors (Lipinski definition) is 1. The van der Waals surface area contributed by atoms with Crippen molar-refractivity contribution < 1.29 is 5.11 Å². The average Bonchev–Trinajstić information content (AvgIpc) is 1.89. The molecule has 0 saturated heterocycles. The Kier molecular flexibility index (Phi) is 10.9. The molecule has 20 heavy (non-hydrogen) atoms. The molecule has 0 heterocycles. The van der Waals surface area contributed by atoms with Crippen molar-refractivity contribution in [2.24, 2.45) is 5.41 Å². The lowest BCUT2D eigenvalue weighted by molar-refractivity contribution is 0.170.